The van der Waals surface area contributed by atoms with Crippen molar-refractivity contribution < 1.29 is 9.69 Å². The van der Waals surface area contributed by atoms with Crippen LogP contribution in [0, 0.1) is 0 Å². The van der Waals surface area contributed by atoms with Gasteiger partial charge in [-0.3, -0.25) is 4.79 Å². The van der Waals surface area contributed by atoms with E-state index in [-0.39, 0.29) is 5.91 Å². The first kappa shape index (κ1) is 16.5. The van der Waals surface area contributed by atoms with E-state index < -0.39 is 0 Å². The first-order valence-corrected chi connectivity index (χ1v) is 9.64. The lowest BCUT2D eigenvalue weighted by Gasteiger charge is -2.19. The maximum absolute atomic E-state index is 12.4. The second kappa shape index (κ2) is 7.12. The quantitative estimate of drug-likeness (QED) is 0.738. The SMILES string of the molecule is O=C(C[NH+]1CCC[C@@H]1c1nc2ccccc2s1)Nc1ccc(Cl)cc1. The first-order chi connectivity index (χ1) is 12.2. The van der Waals surface area contributed by atoms with Crippen LogP contribution < -0.4 is 10.2 Å². The number of aromatic nitrogens is 1. The van der Waals surface area contributed by atoms with Gasteiger partial charge < -0.3 is 10.2 Å². The molecule has 0 radical (unpaired) electrons. The molecule has 0 bridgehead atoms. The molecule has 0 saturated carbocycles. The molecule has 1 aliphatic heterocycles. The smallest absolute Gasteiger partial charge is 0.279 e. The van der Waals surface area contributed by atoms with Crippen LogP contribution in [0.4, 0.5) is 5.69 Å². The number of benzene rings is 2. The summed E-state index contributed by atoms with van der Waals surface area (Å²) in [4.78, 5) is 18.5. The van der Waals surface area contributed by atoms with E-state index in [4.69, 9.17) is 16.6 Å². The molecular formula is C19H19ClN3OS+. The molecule has 0 aliphatic carbocycles. The van der Waals surface area contributed by atoms with Crippen molar-refractivity contribution in [1.29, 1.82) is 0 Å². The molecule has 1 unspecified atom stereocenters. The Morgan fingerprint density at radius 2 is 2.04 bits per heavy atom. The van der Waals surface area contributed by atoms with Gasteiger partial charge >= 0.3 is 0 Å². The Morgan fingerprint density at radius 3 is 2.84 bits per heavy atom. The van der Waals surface area contributed by atoms with Crippen molar-refractivity contribution in [1.82, 2.24) is 4.98 Å². The van der Waals surface area contributed by atoms with Crippen molar-refractivity contribution in [3.05, 3.63) is 58.6 Å². The average molecular weight is 373 g/mol. The Kier molecular flexibility index (Phi) is 4.70. The molecule has 2 heterocycles. The van der Waals surface area contributed by atoms with Crippen LogP contribution in [-0.4, -0.2) is 24.0 Å². The minimum Gasteiger partial charge on any atom is -0.321 e. The summed E-state index contributed by atoms with van der Waals surface area (Å²) in [6, 6.07) is 15.7. The van der Waals surface area contributed by atoms with Gasteiger partial charge in [-0.05, 0) is 36.4 Å². The van der Waals surface area contributed by atoms with E-state index in [0.29, 0.717) is 17.6 Å². The highest BCUT2D eigenvalue weighted by Gasteiger charge is 2.33. The molecule has 1 amide bonds. The first-order valence-electron chi connectivity index (χ1n) is 8.44. The summed E-state index contributed by atoms with van der Waals surface area (Å²) in [6.07, 6.45) is 2.22. The molecule has 1 saturated heterocycles. The standard InChI is InChI=1S/C19H18ClN3OS/c20-13-7-9-14(10-8-13)21-18(24)12-23-11-3-5-16(23)19-22-15-4-1-2-6-17(15)25-19/h1-2,4,6-10,16H,3,5,11-12H2,(H,21,24)/p+1/t16-/m1/s1. The van der Waals surface area contributed by atoms with Gasteiger partial charge in [0.25, 0.3) is 5.91 Å². The molecule has 1 aliphatic rings. The van der Waals surface area contributed by atoms with Gasteiger partial charge in [0.15, 0.2) is 11.6 Å². The fraction of sp³-hybridized carbons (Fsp3) is 0.263. The van der Waals surface area contributed by atoms with E-state index in [1.165, 1.54) is 9.60 Å². The third kappa shape index (κ3) is 3.68. The number of thiazole rings is 1. The second-order valence-electron chi connectivity index (χ2n) is 6.35. The molecule has 25 heavy (non-hydrogen) atoms. The molecule has 4 nitrogen and oxygen atoms in total. The van der Waals surface area contributed by atoms with Gasteiger partial charge in [-0.25, -0.2) is 4.98 Å². The Morgan fingerprint density at radius 1 is 1.24 bits per heavy atom. The Hall–Kier alpha value is -1.95. The third-order valence-electron chi connectivity index (χ3n) is 4.61. The molecule has 1 fully saturated rings. The van der Waals surface area contributed by atoms with Crippen LogP contribution in [0.3, 0.4) is 0 Å². The summed E-state index contributed by atoms with van der Waals surface area (Å²) in [5.41, 5.74) is 1.84. The predicted molar refractivity (Wildman–Crippen MR) is 102 cm³/mol. The van der Waals surface area contributed by atoms with Crippen molar-refractivity contribution in [2.24, 2.45) is 0 Å². The summed E-state index contributed by atoms with van der Waals surface area (Å²) in [5, 5.41) is 4.77. The lowest BCUT2D eigenvalue weighted by molar-refractivity contribution is -0.910. The van der Waals surface area contributed by atoms with Gasteiger partial charge in [0, 0.05) is 23.6 Å². The zero-order valence-electron chi connectivity index (χ0n) is 13.7. The number of hydrogen-bond donors (Lipinski definition) is 2. The van der Waals surface area contributed by atoms with Crippen molar-refractivity contribution in [3.8, 4) is 0 Å². The van der Waals surface area contributed by atoms with Crippen LogP contribution in [0.1, 0.15) is 23.9 Å². The lowest BCUT2D eigenvalue weighted by Crippen LogP contribution is -3.11. The lowest BCUT2D eigenvalue weighted by atomic mass is 10.2. The van der Waals surface area contributed by atoms with E-state index in [9.17, 15) is 4.79 Å². The van der Waals surface area contributed by atoms with Crippen molar-refractivity contribution in [2.75, 3.05) is 18.4 Å². The topological polar surface area (TPSA) is 46.4 Å². The summed E-state index contributed by atoms with van der Waals surface area (Å²) in [5.74, 6) is 0.0327. The number of amides is 1. The molecule has 1 aromatic heterocycles. The fourth-order valence-electron chi connectivity index (χ4n) is 3.40. The van der Waals surface area contributed by atoms with Gasteiger partial charge in [0.1, 0.15) is 6.04 Å². The molecule has 128 valence electrons. The van der Waals surface area contributed by atoms with Crippen LogP contribution in [0.2, 0.25) is 5.02 Å². The normalized spacial score (nSPS) is 20.0. The summed E-state index contributed by atoms with van der Waals surface area (Å²) in [7, 11) is 0. The highest BCUT2D eigenvalue weighted by atomic mass is 35.5. The van der Waals surface area contributed by atoms with Gasteiger partial charge in [0.2, 0.25) is 0 Å². The van der Waals surface area contributed by atoms with Gasteiger partial charge in [-0.2, -0.15) is 0 Å². The Bertz CT molecular complexity index is 860. The minimum atomic E-state index is 0.0327. The van der Waals surface area contributed by atoms with Crippen LogP contribution in [-0.2, 0) is 4.79 Å². The fourth-order valence-corrected chi connectivity index (χ4v) is 4.69. The molecule has 4 rings (SSSR count). The van der Waals surface area contributed by atoms with E-state index in [0.717, 1.165) is 35.6 Å². The molecule has 2 aromatic carbocycles. The zero-order valence-corrected chi connectivity index (χ0v) is 15.2. The number of fused-ring (bicyclic) bond motifs is 1. The van der Waals surface area contributed by atoms with Crippen LogP contribution in [0.25, 0.3) is 10.2 Å². The van der Waals surface area contributed by atoms with E-state index in [1.807, 2.05) is 24.3 Å². The zero-order chi connectivity index (χ0) is 17.2. The molecule has 2 atom stereocenters. The predicted octanol–water partition coefficient (Wildman–Crippen LogP) is 3.31. The van der Waals surface area contributed by atoms with Crippen molar-refractivity contribution in [3.63, 3.8) is 0 Å². The number of carbonyl (C=O) groups excluding carboxylic acids is 1. The molecule has 2 N–H and O–H groups in total. The van der Waals surface area contributed by atoms with Crippen LogP contribution in [0.15, 0.2) is 48.5 Å². The number of nitrogens with zero attached hydrogens (tertiary/aromatic N) is 1. The van der Waals surface area contributed by atoms with Crippen LogP contribution in [0.5, 0.6) is 0 Å². The van der Waals surface area contributed by atoms with E-state index >= 15 is 0 Å². The number of anilines is 1. The van der Waals surface area contributed by atoms with Crippen molar-refractivity contribution in [2.45, 2.75) is 18.9 Å². The summed E-state index contributed by atoms with van der Waals surface area (Å²) < 4.78 is 1.22. The largest absolute Gasteiger partial charge is 0.321 e. The molecule has 6 heteroatoms. The number of hydrogen-bond acceptors (Lipinski definition) is 3. The molecular weight excluding hydrogens is 354 g/mol. The second-order valence-corrected chi connectivity index (χ2v) is 7.85. The maximum Gasteiger partial charge on any atom is 0.279 e. The number of nitrogens with one attached hydrogen (secondary N) is 2. The highest BCUT2D eigenvalue weighted by molar-refractivity contribution is 7.18. The third-order valence-corrected chi connectivity index (χ3v) is 6.01. The van der Waals surface area contributed by atoms with E-state index in [2.05, 4.69) is 17.4 Å². The average Bonchev–Trinajstić information content (AvgIpc) is 3.22. The molecule has 3 aromatic rings. The summed E-state index contributed by atoms with van der Waals surface area (Å²) in [6.45, 7) is 1.47. The number of carbonyl (C=O) groups is 1. The number of likely N-dealkylation sites (tertiary alicyclic amines) is 1. The Labute approximate surface area is 155 Å². The highest BCUT2D eigenvalue weighted by Crippen LogP contribution is 2.28. The number of rotatable bonds is 4. The maximum atomic E-state index is 12.4. The number of quaternary nitrogens is 1. The van der Waals surface area contributed by atoms with E-state index in [1.54, 1.807) is 23.5 Å². The van der Waals surface area contributed by atoms with Gasteiger partial charge in [0.05, 0.1) is 16.8 Å². The number of halogens is 1. The van der Waals surface area contributed by atoms with Gasteiger partial charge in [-0.1, -0.05) is 23.7 Å². The van der Waals surface area contributed by atoms with Gasteiger partial charge in [-0.15, -0.1) is 11.3 Å². The van der Waals surface area contributed by atoms with Crippen LogP contribution >= 0.6 is 22.9 Å². The summed E-state index contributed by atoms with van der Waals surface area (Å²) >= 11 is 7.64. The van der Waals surface area contributed by atoms with Crippen molar-refractivity contribution >= 4 is 44.7 Å². The monoisotopic (exact) mass is 372 g/mol. The minimum absolute atomic E-state index is 0.0327. The Balaban J connectivity index is 1.45. The number of para-hydroxylation sites is 1. The molecule has 0 spiro atoms.